The van der Waals surface area contributed by atoms with Crippen molar-refractivity contribution in [3.05, 3.63) is 52.8 Å². The number of ether oxygens (including phenoxy) is 1. The first-order chi connectivity index (χ1) is 12.7. The first kappa shape index (κ1) is 17.4. The summed E-state index contributed by atoms with van der Waals surface area (Å²) in [6, 6.07) is 9.88. The van der Waals surface area contributed by atoms with Gasteiger partial charge in [0.15, 0.2) is 0 Å². The zero-order valence-corrected chi connectivity index (χ0v) is 14.5. The third kappa shape index (κ3) is 2.33. The molecule has 0 saturated heterocycles. The summed E-state index contributed by atoms with van der Waals surface area (Å²) in [5.41, 5.74) is -6.61. The molecule has 0 unspecified atom stereocenters. The van der Waals surface area contributed by atoms with E-state index in [4.69, 9.17) is 4.74 Å². The molecule has 140 valence electrons. The highest BCUT2D eigenvalue weighted by Crippen LogP contribution is 2.37. The number of fused-ring (bicyclic) bond motifs is 5. The van der Waals surface area contributed by atoms with E-state index in [2.05, 4.69) is 4.98 Å². The number of aromatic amines is 1. The summed E-state index contributed by atoms with van der Waals surface area (Å²) in [4.78, 5) is 15.2. The summed E-state index contributed by atoms with van der Waals surface area (Å²) >= 11 is 0. The molecule has 6 nitrogen and oxygen atoms in total. The minimum Gasteiger partial charge on any atom is -0.497 e. The number of methoxy groups -OCH3 is 1. The number of halogens is 3. The van der Waals surface area contributed by atoms with Gasteiger partial charge >= 0.3 is 15.5 Å². The number of nitrogens with one attached hydrogen (secondary N) is 1. The van der Waals surface area contributed by atoms with E-state index in [0.717, 1.165) is 0 Å². The second-order valence-corrected chi connectivity index (χ2v) is 7.60. The standard InChI is InChI=1S/C17H11F3N2O4S/c1-26-9-6-7-12-11(8-9)15-14(16(23)21-12)10-4-2-3-5-13(10)22(15)27(24,25)17(18,19)20/h2-8H,1H3,(H,21,23). The highest BCUT2D eigenvalue weighted by molar-refractivity contribution is 7.91. The smallest absolute Gasteiger partial charge is 0.497 e. The van der Waals surface area contributed by atoms with E-state index in [-0.39, 0.29) is 36.7 Å². The Morgan fingerprint density at radius 2 is 1.78 bits per heavy atom. The number of aromatic nitrogens is 2. The molecule has 0 amide bonds. The lowest BCUT2D eigenvalue weighted by Gasteiger charge is -2.13. The van der Waals surface area contributed by atoms with Gasteiger partial charge in [-0.2, -0.15) is 21.6 Å². The van der Waals surface area contributed by atoms with Crippen LogP contribution in [-0.2, 0) is 10.0 Å². The zero-order chi connectivity index (χ0) is 19.6. The van der Waals surface area contributed by atoms with Gasteiger partial charge in [0.25, 0.3) is 5.56 Å². The van der Waals surface area contributed by atoms with Crippen LogP contribution in [0.4, 0.5) is 13.2 Å². The average molecular weight is 396 g/mol. The van der Waals surface area contributed by atoms with Gasteiger partial charge < -0.3 is 9.72 Å². The number of pyridine rings is 1. The van der Waals surface area contributed by atoms with Gasteiger partial charge in [-0.1, -0.05) is 18.2 Å². The van der Waals surface area contributed by atoms with Crippen LogP contribution < -0.4 is 10.3 Å². The van der Waals surface area contributed by atoms with Crippen LogP contribution in [-0.4, -0.2) is 30.0 Å². The van der Waals surface area contributed by atoms with Gasteiger partial charge in [0.1, 0.15) is 5.75 Å². The van der Waals surface area contributed by atoms with Crippen molar-refractivity contribution in [3.8, 4) is 5.75 Å². The molecule has 0 saturated carbocycles. The topological polar surface area (TPSA) is 81.2 Å². The second-order valence-electron chi connectivity index (χ2n) is 5.82. The van der Waals surface area contributed by atoms with E-state index in [1.807, 2.05) is 0 Å². The molecule has 0 aliphatic heterocycles. The third-order valence-electron chi connectivity index (χ3n) is 4.32. The van der Waals surface area contributed by atoms with E-state index in [1.54, 1.807) is 0 Å². The average Bonchev–Trinajstić information content (AvgIpc) is 2.97. The molecule has 0 fully saturated rings. The van der Waals surface area contributed by atoms with Crippen molar-refractivity contribution >= 4 is 42.7 Å². The van der Waals surface area contributed by atoms with Crippen LogP contribution in [0.15, 0.2) is 47.3 Å². The molecule has 4 aromatic rings. The van der Waals surface area contributed by atoms with Crippen molar-refractivity contribution in [2.24, 2.45) is 0 Å². The zero-order valence-electron chi connectivity index (χ0n) is 13.7. The van der Waals surface area contributed by atoms with Gasteiger partial charge in [-0.3, -0.25) is 4.79 Å². The van der Waals surface area contributed by atoms with E-state index < -0.39 is 21.1 Å². The van der Waals surface area contributed by atoms with E-state index >= 15 is 0 Å². The Hall–Kier alpha value is -3.01. The van der Waals surface area contributed by atoms with Crippen LogP contribution in [0, 0.1) is 0 Å². The first-order valence-electron chi connectivity index (χ1n) is 7.62. The van der Waals surface area contributed by atoms with Crippen LogP contribution in [0.1, 0.15) is 0 Å². The Morgan fingerprint density at radius 3 is 2.44 bits per heavy atom. The third-order valence-corrected chi connectivity index (χ3v) is 5.77. The number of nitrogens with zero attached hydrogens (tertiary/aromatic N) is 1. The number of alkyl halides is 3. The Kier molecular flexibility index (Phi) is 3.54. The normalized spacial score (nSPS) is 12.9. The molecule has 0 radical (unpaired) electrons. The fourth-order valence-electron chi connectivity index (χ4n) is 3.18. The number of hydrogen-bond acceptors (Lipinski definition) is 4. The highest BCUT2D eigenvalue weighted by atomic mass is 32.2. The molecule has 10 heteroatoms. The van der Waals surface area contributed by atoms with Crippen molar-refractivity contribution in [1.29, 1.82) is 0 Å². The molecule has 0 aliphatic rings. The Labute approximate surface area is 149 Å². The van der Waals surface area contributed by atoms with Gasteiger partial charge in [0.2, 0.25) is 0 Å². The Morgan fingerprint density at radius 1 is 1.07 bits per heavy atom. The summed E-state index contributed by atoms with van der Waals surface area (Å²) in [6.45, 7) is 0. The monoisotopic (exact) mass is 396 g/mol. The maximum absolute atomic E-state index is 13.4. The summed E-state index contributed by atoms with van der Waals surface area (Å²) in [5.74, 6) is 0.303. The largest absolute Gasteiger partial charge is 0.517 e. The molecule has 2 heterocycles. The molecule has 27 heavy (non-hydrogen) atoms. The van der Waals surface area contributed by atoms with Gasteiger partial charge in [0, 0.05) is 10.8 Å². The molecule has 2 aromatic carbocycles. The number of rotatable bonds is 2. The summed E-state index contributed by atoms with van der Waals surface area (Å²) < 4.78 is 70.1. The maximum Gasteiger partial charge on any atom is 0.517 e. The maximum atomic E-state index is 13.4. The fourth-order valence-corrected chi connectivity index (χ4v) is 4.23. The van der Waals surface area contributed by atoms with Gasteiger partial charge in [0.05, 0.1) is 29.0 Å². The van der Waals surface area contributed by atoms with Crippen LogP contribution in [0.2, 0.25) is 0 Å². The SMILES string of the molecule is COc1ccc2[nH]c(=O)c3c4ccccc4n(S(=O)(=O)C(F)(F)F)c3c2c1. The van der Waals surface area contributed by atoms with E-state index in [0.29, 0.717) is 5.75 Å². The predicted molar refractivity (Wildman–Crippen MR) is 94.5 cm³/mol. The van der Waals surface area contributed by atoms with E-state index in [9.17, 15) is 26.4 Å². The van der Waals surface area contributed by atoms with Crippen LogP contribution in [0.5, 0.6) is 5.75 Å². The van der Waals surface area contributed by atoms with Crippen LogP contribution in [0.3, 0.4) is 0 Å². The minimum atomic E-state index is -5.79. The van der Waals surface area contributed by atoms with Gasteiger partial charge in [-0.25, -0.2) is 3.97 Å². The van der Waals surface area contributed by atoms with Crippen LogP contribution >= 0.6 is 0 Å². The highest BCUT2D eigenvalue weighted by Gasteiger charge is 2.49. The lowest BCUT2D eigenvalue weighted by atomic mass is 10.1. The number of para-hydroxylation sites is 1. The van der Waals surface area contributed by atoms with Crippen LogP contribution in [0.25, 0.3) is 32.7 Å². The Balaban J connectivity index is 2.40. The van der Waals surface area contributed by atoms with Gasteiger partial charge in [-0.15, -0.1) is 0 Å². The quantitative estimate of drug-likeness (QED) is 0.564. The minimum absolute atomic E-state index is 0.103. The molecule has 0 aliphatic carbocycles. The predicted octanol–water partition coefficient (Wildman–Crippen LogP) is 3.34. The lowest BCUT2D eigenvalue weighted by molar-refractivity contribution is -0.0444. The molecule has 0 bridgehead atoms. The first-order valence-corrected chi connectivity index (χ1v) is 9.06. The summed E-state index contributed by atoms with van der Waals surface area (Å²) in [7, 11) is -4.42. The number of hydrogen-bond donors (Lipinski definition) is 1. The Bertz CT molecular complexity index is 1380. The summed E-state index contributed by atoms with van der Waals surface area (Å²) in [6.07, 6.45) is 0. The van der Waals surface area contributed by atoms with Crippen molar-refractivity contribution in [1.82, 2.24) is 8.96 Å². The summed E-state index contributed by atoms with van der Waals surface area (Å²) in [5, 5.41) is 0.0819. The molecule has 4 rings (SSSR count). The second kappa shape index (κ2) is 5.49. The van der Waals surface area contributed by atoms with Gasteiger partial charge in [-0.05, 0) is 24.3 Å². The number of H-pyrrole nitrogens is 1. The molecule has 2 aromatic heterocycles. The van der Waals surface area contributed by atoms with Crippen molar-refractivity contribution in [3.63, 3.8) is 0 Å². The van der Waals surface area contributed by atoms with E-state index in [1.165, 1.54) is 49.6 Å². The molecular formula is C17H11F3N2O4S. The lowest BCUT2D eigenvalue weighted by Crippen LogP contribution is -2.29. The molecule has 0 spiro atoms. The molecule has 0 atom stereocenters. The molecule has 1 N–H and O–H groups in total. The van der Waals surface area contributed by atoms with Crippen molar-refractivity contribution in [2.75, 3.05) is 7.11 Å². The number of benzene rings is 2. The fraction of sp³-hybridized carbons (Fsp3) is 0.118. The van der Waals surface area contributed by atoms with Crippen molar-refractivity contribution in [2.45, 2.75) is 5.51 Å². The van der Waals surface area contributed by atoms with Crippen molar-refractivity contribution < 1.29 is 26.3 Å². The molecular weight excluding hydrogens is 385 g/mol.